The number of piperazine rings is 1. The molecule has 0 aromatic heterocycles. The minimum absolute atomic E-state index is 0.0499. The van der Waals surface area contributed by atoms with Crippen LogP contribution in [-0.4, -0.2) is 90.4 Å². The second-order valence-corrected chi connectivity index (χ2v) is 9.12. The van der Waals surface area contributed by atoms with Crippen LogP contribution >= 0.6 is 0 Å². The van der Waals surface area contributed by atoms with Crippen molar-refractivity contribution in [1.29, 1.82) is 0 Å². The number of esters is 1. The fourth-order valence-corrected chi connectivity index (χ4v) is 4.25. The molecule has 0 spiro atoms. The summed E-state index contributed by atoms with van der Waals surface area (Å²) in [6.07, 6.45) is 4.98. The van der Waals surface area contributed by atoms with Crippen molar-refractivity contribution in [1.82, 2.24) is 25.6 Å². The largest absolute Gasteiger partial charge is 0.459 e. The highest BCUT2D eigenvalue weighted by atomic mass is 16.6. The molecule has 0 radical (unpaired) electrons. The maximum Gasteiger partial charge on any atom is 0.325 e. The average Bonchev–Trinajstić information content (AvgIpc) is 2.67. The van der Waals surface area contributed by atoms with Gasteiger partial charge in [-0.3, -0.25) is 4.79 Å². The van der Waals surface area contributed by atoms with Gasteiger partial charge in [-0.15, -0.1) is 0 Å². The topological polar surface area (TPSA) is 77.2 Å². The summed E-state index contributed by atoms with van der Waals surface area (Å²) in [5.41, 5.74) is -0.467. The summed E-state index contributed by atoms with van der Waals surface area (Å²) in [6, 6.07) is 0.127. The van der Waals surface area contributed by atoms with Crippen molar-refractivity contribution >= 4 is 12.0 Å². The van der Waals surface area contributed by atoms with E-state index in [9.17, 15) is 9.59 Å². The maximum absolute atomic E-state index is 12.7. The molecular formula is C20H37N5O3. The second kappa shape index (κ2) is 9.41. The first-order valence-electron chi connectivity index (χ1n) is 10.8. The molecule has 3 fully saturated rings. The molecule has 0 saturated carbocycles. The lowest BCUT2D eigenvalue weighted by molar-refractivity contribution is -0.176. The second-order valence-electron chi connectivity index (χ2n) is 9.12. The Labute approximate surface area is 168 Å². The number of rotatable bonds is 3. The minimum Gasteiger partial charge on any atom is -0.459 e. The number of carbonyl (C=O) groups excluding carboxylic acids is 2. The van der Waals surface area contributed by atoms with Crippen LogP contribution in [0.15, 0.2) is 0 Å². The average molecular weight is 396 g/mol. The van der Waals surface area contributed by atoms with Crippen molar-refractivity contribution in [2.24, 2.45) is 0 Å². The summed E-state index contributed by atoms with van der Waals surface area (Å²) in [5.74, 6) is -0.127. The highest BCUT2D eigenvalue weighted by Crippen LogP contribution is 2.23. The van der Waals surface area contributed by atoms with Gasteiger partial charge in [0.05, 0.1) is 0 Å². The quantitative estimate of drug-likeness (QED) is 0.699. The lowest BCUT2D eigenvalue weighted by atomic mass is 10.0. The molecule has 0 aliphatic carbocycles. The number of ether oxygens (including phenoxy) is 1. The standard InChI is InChI=1S/C20H37N5O3/c1-20(2,3)28-18(26)17-6-4-5-11-25(17)24-14-12-23(13-15-24)19(27)22-16-7-9-21-10-8-16/h16-17,21H,4-15H2,1-3H3,(H,22,27). The van der Waals surface area contributed by atoms with Gasteiger partial charge in [0.1, 0.15) is 11.6 Å². The third-order valence-corrected chi connectivity index (χ3v) is 5.73. The van der Waals surface area contributed by atoms with Gasteiger partial charge in [0.25, 0.3) is 0 Å². The van der Waals surface area contributed by atoms with Crippen LogP contribution in [0.25, 0.3) is 0 Å². The van der Waals surface area contributed by atoms with E-state index in [1.54, 1.807) is 0 Å². The van der Waals surface area contributed by atoms with Gasteiger partial charge in [-0.25, -0.2) is 14.8 Å². The van der Waals surface area contributed by atoms with Crippen molar-refractivity contribution in [2.75, 3.05) is 45.8 Å². The van der Waals surface area contributed by atoms with Crippen molar-refractivity contribution in [3.8, 4) is 0 Å². The molecule has 0 bridgehead atoms. The Morgan fingerprint density at radius 2 is 1.64 bits per heavy atom. The summed E-state index contributed by atoms with van der Waals surface area (Å²) >= 11 is 0. The molecule has 0 aromatic carbocycles. The smallest absolute Gasteiger partial charge is 0.325 e. The SMILES string of the molecule is CC(C)(C)OC(=O)C1CCCCN1N1CCN(C(=O)NC2CCNCC2)CC1. The number of hydrazine groups is 1. The number of piperidine rings is 2. The summed E-state index contributed by atoms with van der Waals surface area (Å²) in [7, 11) is 0. The van der Waals surface area contributed by atoms with E-state index in [0.29, 0.717) is 13.1 Å². The molecule has 3 aliphatic heterocycles. The van der Waals surface area contributed by atoms with Crippen molar-refractivity contribution < 1.29 is 14.3 Å². The first-order chi connectivity index (χ1) is 13.3. The number of urea groups is 1. The van der Waals surface area contributed by atoms with Crippen LogP contribution in [0.4, 0.5) is 4.79 Å². The third kappa shape index (κ3) is 5.81. The van der Waals surface area contributed by atoms with Gasteiger partial charge in [-0.05, 0) is 66.0 Å². The van der Waals surface area contributed by atoms with E-state index in [-0.39, 0.29) is 24.1 Å². The lowest BCUT2D eigenvalue weighted by Gasteiger charge is -2.46. The van der Waals surface area contributed by atoms with Gasteiger partial charge >= 0.3 is 12.0 Å². The van der Waals surface area contributed by atoms with Gasteiger partial charge in [0.2, 0.25) is 0 Å². The molecule has 1 unspecified atom stereocenters. The number of nitrogens with zero attached hydrogens (tertiary/aromatic N) is 3. The predicted octanol–water partition coefficient (Wildman–Crippen LogP) is 1.18. The van der Waals surface area contributed by atoms with Crippen LogP contribution < -0.4 is 10.6 Å². The van der Waals surface area contributed by atoms with E-state index < -0.39 is 5.60 Å². The van der Waals surface area contributed by atoms with Gasteiger partial charge < -0.3 is 20.3 Å². The van der Waals surface area contributed by atoms with Gasteiger partial charge in [-0.2, -0.15) is 0 Å². The zero-order chi connectivity index (χ0) is 20.1. The first kappa shape index (κ1) is 21.3. The van der Waals surface area contributed by atoms with E-state index in [1.807, 2.05) is 25.7 Å². The van der Waals surface area contributed by atoms with Crippen LogP contribution in [-0.2, 0) is 9.53 Å². The fourth-order valence-electron chi connectivity index (χ4n) is 4.25. The van der Waals surface area contributed by atoms with Crippen molar-refractivity contribution in [3.63, 3.8) is 0 Å². The third-order valence-electron chi connectivity index (χ3n) is 5.73. The van der Waals surface area contributed by atoms with E-state index in [2.05, 4.69) is 20.7 Å². The lowest BCUT2D eigenvalue weighted by Crippen LogP contribution is -2.62. The Hall–Kier alpha value is -1.38. The van der Waals surface area contributed by atoms with E-state index in [1.165, 1.54) is 0 Å². The molecule has 3 rings (SSSR count). The Balaban J connectivity index is 1.50. The molecule has 0 aromatic rings. The Morgan fingerprint density at radius 3 is 2.29 bits per heavy atom. The Morgan fingerprint density at radius 1 is 0.964 bits per heavy atom. The molecule has 8 heteroatoms. The molecule has 2 amide bonds. The van der Waals surface area contributed by atoms with Crippen molar-refractivity contribution in [2.45, 2.75) is 70.6 Å². The zero-order valence-corrected chi connectivity index (χ0v) is 17.7. The number of nitrogens with one attached hydrogen (secondary N) is 2. The van der Waals surface area contributed by atoms with Gasteiger partial charge in [0.15, 0.2) is 0 Å². The molecule has 28 heavy (non-hydrogen) atoms. The van der Waals surface area contributed by atoms with Crippen LogP contribution in [0.5, 0.6) is 0 Å². The highest BCUT2D eigenvalue weighted by molar-refractivity contribution is 5.76. The molecule has 2 N–H and O–H groups in total. The minimum atomic E-state index is -0.467. The summed E-state index contributed by atoms with van der Waals surface area (Å²) in [5, 5.41) is 10.9. The Bertz CT molecular complexity index is 536. The number of amides is 2. The first-order valence-corrected chi connectivity index (χ1v) is 10.8. The molecule has 8 nitrogen and oxygen atoms in total. The number of hydrogen-bond donors (Lipinski definition) is 2. The zero-order valence-electron chi connectivity index (χ0n) is 17.7. The maximum atomic E-state index is 12.7. The van der Waals surface area contributed by atoms with E-state index >= 15 is 0 Å². The van der Waals surface area contributed by atoms with Gasteiger partial charge in [0, 0.05) is 38.8 Å². The highest BCUT2D eigenvalue weighted by Gasteiger charge is 2.37. The van der Waals surface area contributed by atoms with Gasteiger partial charge in [-0.1, -0.05) is 0 Å². The van der Waals surface area contributed by atoms with Crippen LogP contribution in [0.3, 0.4) is 0 Å². The Kier molecular flexibility index (Phi) is 7.17. The molecule has 3 aliphatic rings. The van der Waals surface area contributed by atoms with Crippen molar-refractivity contribution in [3.05, 3.63) is 0 Å². The van der Waals surface area contributed by atoms with E-state index in [0.717, 1.165) is 64.8 Å². The molecule has 160 valence electrons. The van der Waals surface area contributed by atoms with Crippen LogP contribution in [0.2, 0.25) is 0 Å². The molecule has 1 atom stereocenters. The molecule has 3 heterocycles. The summed E-state index contributed by atoms with van der Waals surface area (Å²) in [6.45, 7) is 11.5. The van der Waals surface area contributed by atoms with Crippen LogP contribution in [0.1, 0.15) is 52.9 Å². The normalized spacial score (nSPS) is 26.1. The number of hydrogen-bond acceptors (Lipinski definition) is 6. The monoisotopic (exact) mass is 395 g/mol. The fraction of sp³-hybridized carbons (Fsp3) is 0.900. The summed E-state index contributed by atoms with van der Waals surface area (Å²) in [4.78, 5) is 27.2. The number of carbonyl (C=O) groups is 2. The molecular weight excluding hydrogens is 358 g/mol. The van der Waals surface area contributed by atoms with E-state index in [4.69, 9.17) is 4.74 Å². The summed E-state index contributed by atoms with van der Waals surface area (Å²) < 4.78 is 5.66. The molecule has 3 saturated heterocycles. The predicted molar refractivity (Wildman–Crippen MR) is 108 cm³/mol. The van der Waals surface area contributed by atoms with Crippen LogP contribution in [0, 0.1) is 0 Å².